The van der Waals surface area contributed by atoms with Crippen LogP contribution in [-0.2, 0) is 4.74 Å². The van der Waals surface area contributed by atoms with Gasteiger partial charge in [0.2, 0.25) is 0 Å². The first-order valence-electron chi connectivity index (χ1n) is 10.6. The van der Waals surface area contributed by atoms with Gasteiger partial charge < -0.3 is 10.1 Å². The highest BCUT2D eigenvalue weighted by molar-refractivity contribution is 6.12. The summed E-state index contributed by atoms with van der Waals surface area (Å²) in [5.74, 6) is -2.33. The number of nitro groups is 1. The predicted octanol–water partition coefficient (Wildman–Crippen LogP) is 5.02. The molecule has 0 fully saturated rings. The van der Waals surface area contributed by atoms with E-state index in [1.807, 2.05) is 0 Å². The molecule has 0 atom stereocenters. The van der Waals surface area contributed by atoms with E-state index in [4.69, 9.17) is 4.74 Å². The standard InChI is InChI=1S/C25H19FN4O5/c1-2-35-25(32)21-22(24(31)27-20-14-7-6-13-19(20)26)28-29(23(21)16-9-4-3-5-10-16)17-11-8-12-18(15-17)30(33)34/h3-15H,2H2,1H3,(H,27,31). The molecular weight excluding hydrogens is 455 g/mol. The summed E-state index contributed by atoms with van der Waals surface area (Å²) >= 11 is 0. The highest BCUT2D eigenvalue weighted by Crippen LogP contribution is 2.31. The third-order valence-electron chi connectivity index (χ3n) is 5.03. The number of hydrogen-bond acceptors (Lipinski definition) is 6. The van der Waals surface area contributed by atoms with E-state index in [1.54, 1.807) is 49.4 Å². The fourth-order valence-electron chi connectivity index (χ4n) is 3.51. The zero-order valence-corrected chi connectivity index (χ0v) is 18.5. The van der Waals surface area contributed by atoms with Crippen LogP contribution in [0.4, 0.5) is 15.8 Å². The van der Waals surface area contributed by atoms with E-state index in [9.17, 15) is 24.1 Å². The molecule has 0 saturated heterocycles. The number of halogens is 1. The van der Waals surface area contributed by atoms with Crippen molar-refractivity contribution in [2.24, 2.45) is 0 Å². The normalized spacial score (nSPS) is 10.6. The number of aromatic nitrogens is 2. The van der Waals surface area contributed by atoms with E-state index in [0.29, 0.717) is 5.56 Å². The van der Waals surface area contributed by atoms with E-state index >= 15 is 0 Å². The van der Waals surface area contributed by atoms with Gasteiger partial charge in [0.1, 0.15) is 11.4 Å². The van der Waals surface area contributed by atoms with Gasteiger partial charge in [0, 0.05) is 17.7 Å². The van der Waals surface area contributed by atoms with Gasteiger partial charge in [-0.05, 0) is 25.1 Å². The molecule has 176 valence electrons. The third kappa shape index (κ3) is 4.76. The zero-order valence-electron chi connectivity index (χ0n) is 18.5. The molecule has 1 amide bonds. The molecular formula is C25H19FN4O5. The van der Waals surface area contributed by atoms with Gasteiger partial charge in [-0.25, -0.2) is 13.9 Å². The zero-order chi connectivity index (χ0) is 24.9. The number of nitro benzene ring substituents is 1. The van der Waals surface area contributed by atoms with Crippen molar-refractivity contribution in [3.63, 3.8) is 0 Å². The number of nitrogens with one attached hydrogen (secondary N) is 1. The Morgan fingerprint density at radius 1 is 1.06 bits per heavy atom. The Bertz CT molecular complexity index is 1420. The minimum Gasteiger partial charge on any atom is -0.462 e. The first-order valence-corrected chi connectivity index (χ1v) is 10.6. The Hall–Kier alpha value is -4.86. The molecule has 0 aliphatic carbocycles. The Kier molecular flexibility index (Phi) is 6.63. The lowest BCUT2D eigenvalue weighted by atomic mass is 10.0. The van der Waals surface area contributed by atoms with Crippen molar-refractivity contribution in [1.82, 2.24) is 9.78 Å². The molecule has 3 aromatic carbocycles. The largest absolute Gasteiger partial charge is 0.462 e. The fourth-order valence-corrected chi connectivity index (χ4v) is 3.51. The van der Waals surface area contributed by atoms with Gasteiger partial charge in [0.05, 0.1) is 28.6 Å². The molecule has 0 aliphatic heterocycles. The maximum absolute atomic E-state index is 14.2. The molecule has 1 heterocycles. The SMILES string of the molecule is CCOC(=O)c1c(C(=O)Nc2ccccc2F)nn(-c2cccc([N+](=O)[O-])c2)c1-c1ccccc1. The van der Waals surface area contributed by atoms with Crippen LogP contribution in [-0.4, -0.2) is 33.2 Å². The van der Waals surface area contributed by atoms with Gasteiger partial charge in [-0.1, -0.05) is 48.5 Å². The van der Waals surface area contributed by atoms with Crippen molar-refractivity contribution >= 4 is 23.3 Å². The lowest BCUT2D eigenvalue weighted by Gasteiger charge is -2.10. The highest BCUT2D eigenvalue weighted by atomic mass is 19.1. The molecule has 35 heavy (non-hydrogen) atoms. The van der Waals surface area contributed by atoms with Gasteiger partial charge in [0.25, 0.3) is 11.6 Å². The number of rotatable bonds is 7. The summed E-state index contributed by atoms with van der Waals surface area (Å²) in [7, 11) is 0. The molecule has 0 unspecified atom stereocenters. The second kappa shape index (κ2) is 9.96. The molecule has 9 nitrogen and oxygen atoms in total. The molecule has 4 rings (SSSR count). The first-order chi connectivity index (χ1) is 16.9. The number of esters is 1. The molecule has 0 aliphatic rings. The number of benzene rings is 3. The summed E-state index contributed by atoms with van der Waals surface area (Å²) in [6.45, 7) is 1.65. The minimum absolute atomic E-state index is 0.0312. The predicted molar refractivity (Wildman–Crippen MR) is 126 cm³/mol. The van der Waals surface area contributed by atoms with E-state index in [0.717, 1.165) is 0 Å². The number of amides is 1. The Morgan fingerprint density at radius 2 is 1.77 bits per heavy atom. The summed E-state index contributed by atoms with van der Waals surface area (Å²) in [6, 6.07) is 19.8. The number of carbonyl (C=O) groups excluding carboxylic acids is 2. The van der Waals surface area contributed by atoms with Crippen LogP contribution in [0.2, 0.25) is 0 Å². The molecule has 0 bridgehead atoms. The van der Waals surface area contributed by atoms with Gasteiger partial charge in [-0.15, -0.1) is 0 Å². The average Bonchev–Trinajstić information content (AvgIpc) is 3.27. The second-order valence-electron chi connectivity index (χ2n) is 7.28. The summed E-state index contributed by atoms with van der Waals surface area (Å²) in [5, 5.41) is 18.1. The van der Waals surface area contributed by atoms with Crippen LogP contribution in [0.5, 0.6) is 0 Å². The van der Waals surface area contributed by atoms with Gasteiger partial charge >= 0.3 is 5.97 Å². The van der Waals surface area contributed by atoms with Crippen molar-refractivity contribution in [2.45, 2.75) is 6.92 Å². The lowest BCUT2D eigenvalue weighted by Crippen LogP contribution is -2.18. The molecule has 0 radical (unpaired) electrons. The topological polar surface area (TPSA) is 116 Å². The maximum Gasteiger partial charge on any atom is 0.342 e. The smallest absolute Gasteiger partial charge is 0.342 e. The van der Waals surface area contributed by atoms with Gasteiger partial charge in [0.15, 0.2) is 5.69 Å². The number of non-ortho nitro benzene ring substituents is 1. The number of ether oxygens (including phenoxy) is 1. The van der Waals surface area contributed by atoms with E-state index in [2.05, 4.69) is 10.4 Å². The van der Waals surface area contributed by atoms with Crippen LogP contribution in [0.25, 0.3) is 16.9 Å². The number of para-hydroxylation sites is 1. The van der Waals surface area contributed by atoms with Crippen molar-refractivity contribution in [2.75, 3.05) is 11.9 Å². The summed E-state index contributed by atoms with van der Waals surface area (Å²) in [4.78, 5) is 37.1. The first kappa shape index (κ1) is 23.3. The number of nitrogens with zero attached hydrogens (tertiary/aromatic N) is 3. The average molecular weight is 474 g/mol. The summed E-state index contributed by atoms with van der Waals surface area (Å²) < 4.78 is 20.7. The molecule has 0 spiro atoms. The van der Waals surface area contributed by atoms with Crippen LogP contribution < -0.4 is 5.32 Å². The molecule has 10 heteroatoms. The van der Waals surface area contributed by atoms with Crippen LogP contribution in [0.1, 0.15) is 27.8 Å². The van der Waals surface area contributed by atoms with Crippen molar-refractivity contribution in [3.8, 4) is 16.9 Å². The quantitative estimate of drug-likeness (QED) is 0.229. The Morgan fingerprint density at radius 3 is 2.46 bits per heavy atom. The fraction of sp³-hybridized carbons (Fsp3) is 0.0800. The van der Waals surface area contributed by atoms with Crippen LogP contribution in [0.15, 0.2) is 78.9 Å². The van der Waals surface area contributed by atoms with E-state index in [1.165, 1.54) is 41.1 Å². The van der Waals surface area contributed by atoms with Crippen LogP contribution in [0, 0.1) is 15.9 Å². The molecule has 1 N–H and O–H groups in total. The Balaban J connectivity index is 1.96. The van der Waals surface area contributed by atoms with E-state index in [-0.39, 0.29) is 40.6 Å². The number of carbonyl (C=O) groups is 2. The van der Waals surface area contributed by atoms with Crippen molar-refractivity contribution in [1.29, 1.82) is 0 Å². The van der Waals surface area contributed by atoms with Crippen molar-refractivity contribution < 1.29 is 23.6 Å². The van der Waals surface area contributed by atoms with Crippen molar-refractivity contribution in [3.05, 3.63) is 106 Å². The molecule has 0 saturated carbocycles. The van der Waals surface area contributed by atoms with Crippen LogP contribution in [0.3, 0.4) is 0 Å². The van der Waals surface area contributed by atoms with Crippen LogP contribution >= 0.6 is 0 Å². The van der Waals surface area contributed by atoms with Gasteiger partial charge in [-0.2, -0.15) is 5.10 Å². The monoisotopic (exact) mass is 474 g/mol. The van der Waals surface area contributed by atoms with Gasteiger partial charge in [-0.3, -0.25) is 14.9 Å². The number of anilines is 1. The third-order valence-corrected chi connectivity index (χ3v) is 5.03. The Labute approximate surface area is 198 Å². The molecule has 1 aromatic heterocycles. The maximum atomic E-state index is 14.2. The summed E-state index contributed by atoms with van der Waals surface area (Å²) in [5.41, 5.74) is 0.178. The minimum atomic E-state index is -0.848. The van der Waals surface area contributed by atoms with E-state index < -0.39 is 22.6 Å². The second-order valence-corrected chi connectivity index (χ2v) is 7.28. The molecule has 4 aromatic rings. The number of hydrogen-bond donors (Lipinski definition) is 1. The summed E-state index contributed by atoms with van der Waals surface area (Å²) in [6.07, 6.45) is 0. The highest BCUT2D eigenvalue weighted by Gasteiger charge is 2.31. The lowest BCUT2D eigenvalue weighted by molar-refractivity contribution is -0.384.